The van der Waals surface area contributed by atoms with E-state index in [0.29, 0.717) is 17.9 Å². The van der Waals surface area contributed by atoms with Crippen molar-refractivity contribution in [2.45, 2.75) is 26.4 Å². The first kappa shape index (κ1) is 17.0. The molecule has 2 heterocycles. The van der Waals surface area contributed by atoms with Crippen molar-refractivity contribution >= 4 is 17.0 Å². The van der Waals surface area contributed by atoms with Gasteiger partial charge in [-0.1, -0.05) is 0 Å². The number of nitrogens with zero attached hydrogens (tertiary/aromatic N) is 2. The van der Waals surface area contributed by atoms with Crippen LogP contribution in [0, 0.1) is 12.7 Å². The van der Waals surface area contributed by atoms with Crippen LogP contribution in [0.5, 0.6) is 0 Å². The van der Waals surface area contributed by atoms with Gasteiger partial charge in [0.05, 0.1) is 6.04 Å². The van der Waals surface area contributed by atoms with Crippen LogP contribution in [0.3, 0.4) is 0 Å². The highest BCUT2D eigenvalue weighted by Crippen LogP contribution is 2.30. The Bertz CT molecular complexity index is 892. The largest absolute Gasteiger partial charge is 0.459 e. The van der Waals surface area contributed by atoms with Gasteiger partial charge >= 0.3 is 6.03 Å². The van der Waals surface area contributed by atoms with Crippen molar-refractivity contribution in [2.24, 2.45) is 0 Å². The first-order valence-corrected chi connectivity index (χ1v) is 8.05. The molecule has 130 valence electrons. The lowest BCUT2D eigenvalue weighted by atomic mass is 10.1. The molecule has 0 radical (unpaired) electrons. The van der Waals surface area contributed by atoms with Gasteiger partial charge in [0.25, 0.3) is 0 Å². The average molecular weight is 341 g/mol. The molecule has 2 aromatic heterocycles. The van der Waals surface area contributed by atoms with Crippen molar-refractivity contribution < 1.29 is 13.6 Å². The summed E-state index contributed by atoms with van der Waals surface area (Å²) in [6, 6.07) is 7.60. The van der Waals surface area contributed by atoms with Crippen LogP contribution < -0.4 is 5.32 Å². The minimum atomic E-state index is -0.331. The summed E-state index contributed by atoms with van der Waals surface area (Å²) in [7, 11) is 1.73. The minimum absolute atomic E-state index is 0.213. The van der Waals surface area contributed by atoms with E-state index in [9.17, 15) is 9.18 Å². The van der Waals surface area contributed by atoms with Gasteiger partial charge in [-0.3, -0.25) is 4.98 Å². The summed E-state index contributed by atoms with van der Waals surface area (Å²) in [5, 5.41) is 3.64. The van der Waals surface area contributed by atoms with Gasteiger partial charge in [-0.15, -0.1) is 0 Å². The number of aromatic nitrogens is 1. The van der Waals surface area contributed by atoms with Crippen LogP contribution in [0.4, 0.5) is 9.18 Å². The minimum Gasteiger partial charge on any atom is -0.459 e. The molecule has 0 saturated heterocycles. The Kier molecular flexibility index (Phi) is 4.70. The number of benzene rings is 1. The molecule has 25 heavy (non-hydrogen) atoms. The first-order valence-electron chi connectivity index (χ1n) is 8.05. The van der Waals surface area contributed by atoms with Crippen molar-refractivity contribution in [3.8, 4) is 0 Å². The second kappa shape index (κ2) is 6.93. The molecular formula is C19H20FN3O2. The Morgan fingerprint density at radius 1 is 1.32 bits per heavy atom. The van der Waals surface area contributed by atoms with Gasteiger partial charge in [0.2, 0.25) is 0 Å². The number of halogens is 1. The normalized spacial score (nSPS) is 12.2. The van der Waals surface area contributed by atoms with E-state index in [0.717, 1.165) is 16.5 Å². The molecule has 6 heteroatoms. The van der Waals surface area contributed by atoms with Crippen LogP contribution in [0.25, 0.3) is 11.0 Å². The van der Waals surface area contributed by atoms with Gasteiger partial charge in [0, 0.05) is 36.9 Å². The topological polar surface area (TPSA) is 58.4 Å². The number of rotatable bonds is 4. The molecule has 0 aliphatic rings. The van der Waals surface area contributed by atoms with E-state index in [1.54, 1.807) is 30.4 Å². The number of aryl methyl sites for hydroxylation is 1. The Morgan fingerprint density at radius 3 is 2.76 bits per heavy atom. The molecule has 2 amide bonds. The zero-order valence-corrected chi connectivity index (χ0v) is 14.4. The quantitative estimate of drug-likeness (QED) is 0.774. The van der Waals surface area contributed by atoms with Gasteiger partial charge < -0.3 is 14.6 Å². The Balaban J connectivity index is 1.72. The molecule has 1 N–H and O–H groups in total. The second-order valence-electron chi connectivity index (χ2n) is 6.11. The fraction of sp³-hybridized carbons (Fsp3) is 0.263. The third kappa shape index (κ3) is 3.63. The van der Waals surface area contributed by atoms with Crippen LogP contribution in [0.2, 0.25) is 0 Å². The maximum atomic E-state index is 13.4. The molecule has 5 nitrogen and oxygen atoms in total. The summed E-state index contributed by atoms with van der Waals surface area (Å²) in [6.45, 7) is 4.19. The lowest BCUT2D eigenvalue weighted by Gasteiger charge is -2.21. The number of urea groups is 1. The van der Waals surface area contributed by atoms with E-state index in [4.69, 9.17) is 4.42 Å². The van der Waals surface area contributed by atoms with Crippen LogP contribution in [0.1, 0.15) is 29.9 Å². The SMILES string of the molecule is Cc1c(C(C)NC(=O)N(C)Cc2ccncc2)oc2ccc(F)cc12. The zero-order chi connectivity index (χ0) is 18.0. The average Bonchev–Trinajstić information content (AvgIpc) is 2.92. The van der Waals surface area contributed by atoms with Gasteiger partial charge in [0.1, 0.15) is 17.2 Å². The summed E-state index contributed by atoms with van der Waals surface area (Å²) >= 11 is 0. The smallest absolute Gasteiger partial charge is 0.318 e. The fourth-order valence-corrected chi connectivity index (χ4v) is 2.82. The van der Waals surface area contributed by atoms with Crippen molar-refractivity contribution in [1.29, 1.82) is 0 Å². The number of amides is 2. The van der Waals surface area contributed by atoms with Gasteiger partial charge in [-0.2, -0.15) is 0 Å². The predicted molar refractivity (Wildman–Crippen MR) is 93.6 cm³/mol. The monoisotopic (exact) mass is 341 g/mol. The van der Waals surface area contributed by atoms with Gasteiger partial charge in [-0.25, -0.2) is 9.18 Å². The molecule has 0 bridgehead atoms. The predicted octanol–water partition coefficient (Wildman–Crippen LogP) is 4.18. The molecule has 3 rings (SSSR count). The van der Waals surface area contributed by atoms with Crippen molar-refractivity contribution in [2.75, 3.05) is 7.05 Å². The summed E-state index contributed by atoms with van der Waals surface area (Å²) in [5.41, 5.74) is 2.44. The van der Waals surface area contributed by atoms with Crippen LogP contribution in [-0.2, 0) is 6.54 Å². The molecular weight excluding hydrogens is 321 g/mol. The van der Waals surface area contributed by atoms with Crippen LogP contribution >= 0.6 is 0 Å². The Morgan fingerprint density at radius 2 is 2.04 bits per heavy atom. The van der Waals surface area contributed by atoms with E-state index < -0.39 is 0 Å². The van der Waals surface area contributed by atoms with Crippen LogP contribution in [-0.4, -0.2) is 23.0 Å². The number of nitrogens with one attached hydrogen (secondary N) is 1. The number of furan rings is 1. The van der Waals surface area contributed by atoms with E-state index >= 15 is 0 Å². The standard InChI is InChI=1S/C19H20FN3O2/c1-12-16-10-15(20)4-5-17(16)25-18(12)13(2)22-19(24)23(3)11-14-6-8-21-9-7-14/h4-10,13H,11H2,1-3H3,(H,22,24). The maximum Gasteiger partial charge on any atom is 0.318 e. The highest BCUT2D eigenvalue weighted by Gasteiger charge is 2.20. The van der Waals surface area contributed by atoms with Crippen molar-refractivity contribution in [1.82, 2.24) is 15.2 Å². The molecule has 3 aromatic rings. The van der Waals surface area contributed by atoms with E-state index in [2.05, 4.69) is 10.3 Å². The summed E-state index contributed by atoms with van der Waals surface area (Å²) in [5.74, 6) is 0.322. The van der Waals surface area contributed by atoms with E-state index in [1.807, 2.05) is 26.0 Å². The third-order valence-corrected chi connectivity index (χ3v) is 4.18. The van der Waals surface area contributed by atoms with Crippen LogP contribution in [0.15, 0.2) is 47.1 Å². The molecule has 0 saturated carbocycles. The fourth-order valence-electron chi connectivity index (χ4n) is 2.82. The number of pyridine rings is 1. The zero-order valence-electron chi connectivity index (χ0n) is 14.4. The Labute approximate surface area is 145 Å². The lowest BCUT2D eigenvalue weighted by Crippen LogP contribution is -2.38. The molecule has 1 atom stereocenters. The summed E-state index contributed by atoms with van der Waals surface area (Å²) in [6.07, 6.45) is 3.39. The first-order chi connectivity index (χ1) is 12.0. The second-order valence-corrected chi connectivity index (χ2v) is 6.11. The molecule has 0 aliphatic carbocycles. The number of carbonyl (C=O) groups excluding carboxylic acids is 1. The third-order valence-electron chi connectivity index (χ3n) is 4.18. The number of carbonyl (C=O) groups is 1. The molecule has 0 spiro atoms. The maximum absolute atomic E-state index is 13.4. The number of hydrogen-bond donors (Lipinski definition) is 1. The van der Waals surface area contributed by atoms with Crippen molar-refractivity contribution in [3.05, 3.63) is 65.4 Å². The molecule has 0 fully saturated rings. The van der Waals surface area contributed by atoms with Crippen molar-refractivity contribution in [3.63, 3.8) is 0 Å². The Hall–Kier alpha value is -2.89. The molecule has 1 unspecified atom stereocenters. The van der Waals surface area contributed by atoms with E-state index in [-0.39, 0.29) is 17.9 Å². The highest BCUT2D eigenvalue weighted by molar-refractivity contribution is 5.82. The lowest BCUT2D eigenvalue weighted by molar-refractivity contribution is 0.202. The van der Waals surface area contributed by atoms with E-state index in [1.165, 1.54) is 12.1 Å². The number of hydrogen-bond acceptors (Lipinski definition) is 3. The molecule has 0 aliphatic heterocycles. The summed E-state index contributed by atoms with van der Waals surface area (Å²) in [4.78, 5) is 18.0. The highest BCUT2D eigenvalue weighted by atomic mass is 19.1. The number of fused-ring (bicyclic) bond motifs is 1. The van der Waals surface area contributed by atoms with Gasteiger partial charge in [0.15, 0.2) is 0 Å². The summed E-state index contributed by atoms with van der Waals surface area (Å²) < 4.78 is 19.2. The molecule has 1 aromatic carbocycles. The van der Waals surface area contributed by atoms with Gasteiger partial charge in [-0.05, 0) is 49.7 Å².